The van der Waals surface area contributed by atoms with E-state index in [1.54, 1.807) is 0 Å². The molecule has 2 rings (SSSR count). The maximum absolute atomic E-state index is 15.2. The van der Waals surface area contributed by atoms with Crippen LogP contribution in [0.3, 0.4) is 0 Å². The van der Waals surface area contributed by atoms with Gasteiger partial charge in [0, 0.05) is 0 Å². The molecule has 0 atom stereocenters. The van der Waals surface area contributed by atoms with Gasteiger partial charge in [-0.15, -0.1) is 0 Å². The Balaban J connectivity index is 2.83. The Bertz CT molecular complexity index is 719. The van der Waals surface area contributed by atoms with Gasteiger partial charge in [-0.1, -0.05) is 0 Å². The van der Waals surface area contributed by atoms with Gasteiger partial charge in [-0.3, -0.25) is 0 Å². The van der Waals surface area contributed by atoms with Crippen LogP contribution in [0.2, 0.25) is 0 Å². The third kappa shape index (κ3) is 3.14. The van der Waals surface area contributed by atoms with Crippen molar-refractivity contribution in [2.75, 3.05) is 0 Å². The monoisotopic (exact) mass is 590 g/mol. The van der Waals surface area contributed by atoms with Gasteiger partial charge in [0.1, 0.15) is 0 Å². The molecule has 0 unspecified atom stereocenters. The van der Waals surface area contributed by atoms with Crippen LogP contribution in [0, 0.1) is 0 Å². The summed E-state index contributed by atoms with van der Waals surface area (Å²) in [5, 5.41) is 0. The van der Waals surface area contributed by atoms with E-state index >= 15 is 4.39 Å². The summed E-state index contributed by atoms with van der Waals surface area (Å²) in [6.45, 7) is 0. The number of hydrogen-bond donors (Lipinski definition) is 0. The molecule has 0 aromatic rings. The summed E-state index contributed by atoms with van der Waals surface area (Å²) in [4.78, 5) is 0. The average Bonchev–Trinajstić information content (AvgIpc) is 2.57. The normalized spacial score (nSPS) is 30.6. The zero-order valence-corrected chi connectivity index (χ0v) is 16.6. The quantitative estimate of drug-likeness (QED) is 0.179. The Hall–Kier alpha value is -0.200. The molecule has 174 valence electrons. The summed E-state index contributed by atoms with van der Waals surface area (Å²) in [5.41, 5.74) is 0. The maximum atomic E-state index is 15.2. The summed E-state index contributed by atoms with van der Waals surface area (Å²) >= 11 is -6.27. The second-order valence-corrected chi connectivity index (χ2v) is 13.2. The van der Waals surface area contributed by atoms with Crippen LogP contribution in [0.4, 0.5) is 52.2 Å². The van der Waals surface area contributed by atoms with E-state index in [1.165, 1.54) is 0 Å². The number of hydrogen-bond acceptors (Lipinski definition) is 3. The molecule has 0 saturated heterocycles. The molecule has 0 aromatic heterocycles. The fraction of sp³-hybridized carbons (Fsp3) is 1.00. The standard InChI is InChI=1S/C12H11F12IO3S/c13-7(14)8(15,16)10(19,20)12(23,11(21,22)9(7,17)18)25(28-29(24,26)27)6-4-2-1-3-5-6/h6H,1-5H2. The zero-order valence-electron chi connectivity index (χ0n) is 13.7. The van der Waals surface area contributed by atoms with Crippen molar-refractivity contribution in [2.45, 2.75) is 69.3 Å². The average molecular weight is 590 g/mol. The molecule has 2 fully saturated rings. The van der Waals surface area contributed by atoms with E-state index < -0.39 is 80.8 Å². The first-order valence-electron chi connectivity index (χ1n) is 7.61. The number of rotatable bonds is 4. The van der Waals surface area contributed by atoms with Crippen molar-refractivity contribution in [3.05, 3.63) is 0 Å². The molecule has 0 aromatic carbocycles. The van der Waals surface area contributed by atoms with Gasteiger partial charge in [0.25, 0.3) is 0 Å². The molecule has 0 radical (unpaired) electrons. The molecule has 0 amide bonds. The summed E-state index contributed by atoms with van der Waals surface area (Å²) in [6.07, 6.45) is -1.16. The van der Waals surface area contributed by atoms with Crippen LogP contribution < -0.4 is 0 Å². The van der Waals surface area contributed by atoms with Crippen LogP contribution in [0.15, 0.2) is 0 Å². The number of halogens is 13. The van der Waals surface area contributed by atoms with Crippen molar-refractivity contribution >= 4 is 30.7 Å². The second kappa shape index (κ2) is 6.90. The van der Waals surface area contributed by atoms with E-state index in [2.05, 4.69) is 2.51 Å². The summed E-state index contributed by atoms with van der Waals surface area (Å²) in [7, 11) is -6.58. The Morgan fingerprint density at radius 1 is 0.655 bits per heavy atom. The molecule has 0 heterocycles. The van der Waals surface area contributed by atoms with Crippen molar-refractivity contribution < 1.29 is 63.1 Å². The first-order chi connectivity index (χ1) is 12.7. The van der Waals surface area contributed by atoms with Crippen molar-refractivity contribution in [3.8, 4) is 0 Å². The third-order valence-electron chi connectivity index (χ3n) is 4.58. The molecule has 0 aliphatic heterocycles. The third-order valence-corrected chi connectivity index (χ3v) is 13.0. The summed E-state index contributed by atoms with van der Waals surface area (Å²) in [6, 6.07) is 0. The Morgan fingerprint density at radius 3 is 1.34 bits per heavy atom. The summed E-state index contributed by atoms with van der Waals surface area (Å²) in [5.74, 6) is -36.6. The molecule has 0 N–H and O–H groups in total. The predicted octanol–water partition coefficient (Wildman–Crippen LogP) is 5.83. The van der Waals surface area contributed by atoms with E-state index in [-0.39, 0.29) is 19.3 Å². The zero-order chi connectivity index (χ0) is 22.9. The summed E-state index contributed by atoms with van der Waals surface area (Å²) < 4.78 is 182. The Kier molecular flexibility index (Phi) is 5.96. The fourth-order valence-electron chi connectivity index (χ4n) is 3.06. The minimum atomic E-state index is -7.43. The van der Waals surface area contributed by atoms with Gasteiger partial charge < -0.3 is 0 Å². The molecular weight excluding hydrogens is 579 g/mol. The minimum absolute atomic E-state index is 0.0927. The molecule has 2 aliphatic carbocycles. The van der Waals surface area contributed by atoms with Crippen LogP contribution in [0.5, 0.6) is 0 Å². The van der Waals surface area contributed by atoms with Gasteiger partial charge in [-0.2, -0.15) is 0 Å². The fourth-order valence-corrected chi connectivity index (χ4v) is 11.7. The predicted molar refractivity (Wildman–Crippen MR) is 80.6 cm³/mol. The van der Waals surface area contributed by atoms with E-state index in [9.17, 15) is 56.2 Å². The topological polar surface area (TPSA) is 43.4 Å². The first kappa shape index (κ1) is 25.1. The molecule has 29 heavy (non-hydrogen) atoms. The van der Waals surface area contributed by atoms with Crippen LogP contribution in [0.1, 0.15) is 32.1 Å². The van der Waals surface area contributed by atoms with Crippen molar-refractivity contribution in [2.24, 2.45) is 0 Å². The molecular formula is C12H11F12IO3S. The second-order valence-electron chi connectivity index (χ2n) is 6.41. The number of alkyl halides is 13. The van der Waals surface area contributed by atoms with E-state index in [1.807, 2.05) is 0 Å². The van der Waals surface area contributed by atoms with Gasteiger partial charge in [0.05, 0.1) is 0 Å². The molecule has 0 spiro atoms. The van der Waals surface area contributed by atoms with Gasteiger partial charge in [0.2, 0.25) is 0 Å². The molecule has 3 nitrogen and oxygen atoms in total. The molecule has 0 bridgehead atoms. The molecule has 2 saturated carbocycles. The van der Waals surface area contributed by atoms with Crippen LogP contribution in [-0.2, 0) is 13.0 Å². The first-order valence-corrected chi connectivity index (χ1v) is 12.1. The SMILES string of the molecule is O=S(=O)(F)OI(C1CCCCC1)C1(F)C(F)(F)C(F)(F)C(F)(F)C(F)(F)C1(F)F. The molecule has 17 heteroatoms. The van der Waals surface area contributed by atoms with Crippen molar-refractivity contribution in [1.29, 1.82) is 0 Å². The van der Waals surface area contributed by atoms with E-state index in [4.69, 9.17) is 0 Å². The van der Waals surface area contributed by atoms with Gasteiger partial charge >= 0.3 is 163 Å². The molecule has 2 aliphatic rings. The van der Waals surface area contributed by atoms with E-state index in [0.717, 1.165) is 0 Å². The van der Waals surface area contributed by atoms with Gasteiger partial charge in [0.15, 0.2) is 0 Å². The van der Waals surface area contributed by atoms with Crippen LogP contribution >= 0.6 is 20.2 Å². The van der Waals surface area contributed by atoms with Crippen LogP contribution in [-0.4, -0.2) is 45.6 Å². The van der Waals surface area contributed by atoms with Crippen molar-refractivity contribution in [3.63, 3.8) is 0 Å². The van der Waals surface area contributed by atoms with Crippen molar-refractivity contribution in [1.82, 2.24) is 0 Å². The van der Waals surface area contributed by atoms with Gasteiger partial charge in [-0.05, 0) is 0 Å². The van der Waals surface area contributed by atoms with E-state index in [0.29, 0.717) is 0 Å². The Labute approximate surface area is 163 Å². The Morgan fingerprint density at radius 2 is 1.00 bits per heavy atom. The van der Waals surface area contributed by atoms with Crippen LogP contribution in [0.25, 0.3) is 0 Å². The van der Waals surface area contributed by atoms with Gasteiger partial charge in [-0.25, -0.2) is 0 Å².